The first-order valence-corrected chi connectivity index (χ1v) is 2.87. The molecule has 0 aromatic carbocycles. The average Bonchev–Trinajstić information content (AvgIpc) is 1.60. The standard InChI is InChI=1S/C5H13N3O2/c1-5(2,7)3(9)8-4(6)10/h3,9H,7H2,1-2H3,(H3,6,8,10). The maximum atomic E-state index is 10.2. The van der Waals surface area contributed by atoms with Gasteiger partial charge in [-0.3, -0.25) is 0 Å². The molecule has 0 radical (unpaired) electrons. The molecule has 0 aliphatic rings. The minimum absolute atomic E-state index is 0.786. The van der Waals surface area contributed by atoms with E-state index < -0.39 is 17.8 Å². The van der Waals surface area contributed by atoms with Crippen molar-refractivity contribution in [1.29, 1.82) is 0 Å². The van der Waals surface area contributed by atoms with Crippen LogP contribution in [-0.4, -0.2) is 22.9 Å². The van der Waals surface area contributed by atoms with Gasteiger partial charge in [0.25, 0.3) is 0 Å². The Kier molecular flexibility index (Phi) is 2.62. The fourth-order valence-corrected chi connectivity index (χ4v) is 0.321. The maximum Gasteiger partial charge on any atom is 0.314 e. The molecule has 0 aliphatic carbocycles. The number of nitrogens with one attached hydrogen (secondary N) is 1. The van der Waals surface area contributed by atoms with Gasteiger partial charge in [-0.2, -0.15) is 0 Å². The van der Waals surface area contributed by atoms with Crippen molar-refractivity contribution in [2.75, 3.05) is 0 Å². The number of rotatable bonds is 2. The van der Waals surface area contributed by atoms with Crippen molar-refractivity contribution in [1.82, 2.24) is 5.32 Å². The summed E-state index contributed by atoms with van der Waals surface area (Å²) in [6.07, 6.45) is -1.11. The molecule has 2 amide bonds. The van der Waals surface area contributed by atoms with E-state index in [9.17, 15) is 4.79 Å². The van der Waals surface area contributed by atoms with E-state index in [-0.39, 0.29) is 0 Å². The number of urea groups is 1. The molecule has 0 fully saturated rings. The van der Waals surface area contributed by atoms with Crippen LogP contribution in [0.25, 0.3) is 0 Å². The number of carbonyl (C=O) groups is 1. The zero-order chi connectivity index (χ0) is 8.36. The lowest BCUT2D eigenvalue weighted by atomic mass is 10.1. The van der Waals surface area contributed by atoms with Gasteiger partial charge in [0.1, 0.15) is 6.23 Å². The van der Waals surface area contributed by atoms with Gasteiger partial charge < -0.3 is 21.9 Å². The van der Waals surface area contributed by atoms with Crippen LogP contribution in [0, 0.1) is 0 Å². The largest absolute Gasteiger partial charge is 0.372 e. The highest BCUT2D eigenvalue weighted by molar-refractivity contribution is 5.71. The number of hydrogen-bond acceptors (Lipinski definition) is 3. The molecule has 0 saturated carbocycles. The van der Waals surface area contributed by atoms with Crippen molar-refractivity contribution in [3.8, 4) is 0 Å². The van der Waals surface area contributed by atoms with Crippen molar-refractivity contribution in [2.45, 2.75) is 25.6 Å². The summed E-state index contributed by atoms with van der Waals surface area (Å²) in [5.74, 6) is 0. The summed E-state index contributed by atoms with van der Waals surface area (Å²) < 4.78 is 0. The molecule has 5 heteroatoms. The predicted octanol–water partition coefficient (Wildman–Crippen LogP) is -1.29. The van der Waals surface area contributed by atoms with Crippen LogP contribution in [0.2, 0.25) is 0 Å². The average molecular weight is 147 g/mol. The third-order valence-electron chi connectivity index (χ3n) is 0.984. The zero-order valence-electron chi connectivity index (χ0n) is 6.09. The minimum Gasteiger partial charge on any atom is -0.372 e. The van der Waals surface area contributed by atoms with Crippen molar-refractivity contribution >= 4 is 6.03 Å². The lowest BCUT2D eigenvalue weighted by Gasteiger charge is -2.25. The van der Waals surface area contributed by atoms with E-state index in [1.165, 1.54) is 0 Å². The summed E-state index contributed by atoms with van der Waals surface area (Å²) >= 11 is 0. The van der Waals surface area contributed by atoms with Gasteiger partial charge >= 0.3 is 6.03 Å². The molecule has 1 atom stereocenters. The quantitative estimate of drug-likeness (QED) is 0.365. The number of hydrogen-bond donors (Lipinski definition) is 4. The minimum atomic E-state index is -1.11. The fraction of sp³-hybridized carbons (Fsp3) is 0.800. The number of primary amides is 1. The SMILES string of the molecule is CC(C)(N)C(O)NC(N)=O. The molecular weight excluding hydrogens is 134 g/mol. The lowest BCUT2D eigenvalue weighted by Crippen LogP contribution is -2.55. The Bertz CT molecular complexity index is 129. The van der Waals surface area contributed by atoms with E-state index in [4.69, 9.17) is 16.6 Å². The van der Waals surface area contributed by atoms with E-state index in [2.05, 4.69) is 5.32 Å². The molecule has 10 heavy (non-hydrogen) atoms. The molecule has 5 nitrogen and oxygen atoms in total. The molecule has 0 aromatic rings. The molecule has 60 valence electrons. The second-order valence-corrected chi connectivity index (χ2v) is 2.73. The second-order valence-electron chi connectivity index (χ2n) is 2.73. The molecule has 0 saturated heterocycles. The van der Waals surface area contributed by atoms with Gasteiger partial charge in [0.15, 0.2) is 0 Å². The predicted molar refractivity (Wildman–Crippen MR) is 37.0 cm³/mol. The van der Waals surface area contributed by atoms with Crippen molar-refractivity contribution in [3.05, 3.63) is 0 Å². The van der Waals surface area contributed by atoms with Gasteiger partial charge in [-0.15, -0.1) is 0 Å². The fourth-order valence-electron chi connectivity index (χ4n) is 0.321. The topological polar surface area (TPSA) is 101 Å². The van der Waals surface area contributed by atoms with Crippen LogP contribution in [0.3, 0.4) is 0 Å². The maximum absolute atomic E-state index is 10.2. The summed E-state index contributed by atoms with van der Waals surface area (Å²) in [5.41, 5.74) is 9.27. The zero-order valence-corrected chi connectivity index (χ0v) is 6.09. The van der Waals surface area contributed by atoms with Gasteiger partial charge in [-0.1, -0.05) is 0 Å². The van der Waals surface area contributed by atoms with Crippen molar-refractivity contribution in [2.24, 2.45) is 11.5 Å². The summed E-state index contributed by atoms with van der Waals surface area (Å²) in [6.45, 7) is 3.15. The summed E-state index contributed by atoms with van der Waals surface area (Å²) in [6, 6.07) is -0.786. The van der Waals surface area contributed by atoms with Gasteiger partial charge in [0, 0.05) is 0 Å². The Balaban J connectivity index is 3.85. The van der Waals surface area contributed by atoms with Crippen LogP contribution >= 0.6 is 0 Å². The molecule has 0 spiro atoms. The Labute approximate surface area is 59.4 Å². The highest BCUT2D eigenvalue weighted by Crippen LogP contribution is 2.00. The van der Waals surface area contributed by atoms with Gasteiger partial charge in [-0.05, 0) is 13.8 Å². The van der Waals surface area contributed by atoms with Crippen LogP contribution in [-0.2, 0) is 0 Å². The molecule has 0 aromatic heterocycles. The first-order valence-electron chi connectivity index (χ1n) is 2.87. The summed E-state index contributed by atoms with van der Waals surface area (Å²) in [4.78, 5) is 10.2. The Hall–Kier alpha value is -0.810. The van der Waals surface area contributed by atoms with Crippen LogP contribution < -0.4 is 16.8 Å². The molecule has 0 aliphatic heterocycles. The van der Waals surface area contributed by atoms with E-state index in [0.29, 0.717) is 0 Å². The molecule has 6 N–H and O–H groups in total. The van der Waals surface area contributed by atoms with Crippen LogP contribution in [0.1, 0.15) is 13.8 Å². The van der Waals surface area contributed by atoms with E-state index in [1.807, 2.05) is 0 Å². The van der Waals surface area contributed by atoms with E-state index >= 15 is 0 Å². The highest BCUT2D eigenvalue weighted by Gasteiger charge is 2.22. The molecular formula is C5H13N3O2. The third-order valence-corrected chi connectivity index (χ3v) is 0.984. The molecule has 0 bridgehead atoms. The Morgan fingerprint density at radius 3 is 2.20 bits per heavy atom. The van der Waals surface area contributed by atoms with Crippen LogP contribution in [0.5, 0.6) is 0 Å². The van der Waals surface area contributed by atoms with Gasteiger partial charge in [-0.25, -0.2) is 4.79 Å². The second kappa shape index (κ2) is 2.85. The molecule has 0 rings (SSSR count). The van der Waals surface area contributed by atoms with Crippen molar-refractivity contribution in [3.63, 3.8) is 0 Å². The monoisotopic (exact) mass is 147 g/mol. The highest BCUT2D eigenvalue weighted by atomic mass is 16.3. The first-order chi connectivity index (χ1) is 4.34. The van der Waals surface area contributed by atoms with E-state index in [0.717, 1.165) is 0 Å². The van der Waals surface area contributed by atoms with E-state index in [1.54, 1.807) is 13.8 Å². The van der Waals surface area contributed by atoms with Gasteiger partial charge in [0.05, 0.1) is 5.54 Å². The lowest BCUT2D eigenvalue weighted by molar-refractivity contribution is 0.0812. The smallest absolute Gasteiger partial charge is 0.314 e. The number of aliphatic hydroxyl groups excluding tert-OH is 1. The van der Waals surface area contributed by atoms with Crippen LogP contribution in [0.15, 0.2) is 0 Å². The normalized spacial score (nSPS) is 14.4. The number of nitrogens with two attached hydrogens (primary N) is 2. The third kappa shape index (κ3) is 3.26. The number of aliphatic hydroxyl groups is 1. The summed E-state index contributed by atoms with van der Waals surface area (Å²) in [5, 5.41) is 11.1. The number of amides is 2. The summed E-state index contributed by atoms with van der Waals surface area (Å²) in [7, 11) is 0. The van der Waals surface area contributed by atoms with Gasteiger partial charge in [0.2, 0.25) is 0 Å². The van der Waals surface area contributed by atoms with Crippen molar-refractivity contribution < 1.29 is 9.90 Å². The molecule has 1 unspecified atom stereocenters. The Morgan fingerprint density at radius 1 is 1.70 bits per heavy atom. The number of carbonyl (C=O) groups excluding carboxylic acids is 1. The molecule has 0 heterocycles. The first kappa shape index (κ1) is 9.19. The van der Waals surface area contributed by atoms with Crippen LogP contribution in [0.4, 0.5) is 4.79 Å². The Morgan fingerprint density at radius 2 is 2.10 bits per heavy atom.